The Hall–Kier alpha value is -0.840. The first kappa shape index (κ1) is 14.6. The maximum atomic E-state index is 10.5. The molecule has 0 aromatic rings. The van der Waals surface area contributed by atoms with Crippen LogP contribution in [-0.4, -0.2) is 18.2 Å². The first-order valence-electron chi connectivity index (χ1n) is 7.34. The average Bonchev–Trinajstić information content (AvgIpc) is 2.36. The Morgan fingerprint density at radius 2 is 1.89 bits per heavy atom. The Balaban J connectivity index is 2.23. The van der Waals surface area contributed by atoms with Gasteiger partial charge in [-0.1, -0.05) is 26.7 Å². The fourth-order valence-electron chi connectivity index (χ4n) is 4.92. The van der Waals surface area contributed by atoms with Crippen molar-refractivity contribution < 1.29 is 9.92 Å². The third-order valence-corrected chi connectivity index (χ3v) is 5.49. The van der Waals surface area contributed by atoms with E-state index in [-0.39, 0.29) is 17.4 Å². The molecule has 0 amide bonds. The van der Waals surface area contributed by atoms with Crippen LogP contribution in [-0.2, 0) is 4.84 Å². The first-order valence-corrected chi connectivity index (χ1v) is 7.34. The van der Waals surface area contributed by atoms with Gasteiger partial charge in [-0.15, -0.1) is 10.1 Å². The standard InChI is InChI=1S/C14H26N2O3/c1-3-13-5-4-6-14(9-13,11-19-16(17)18)8-12(2,7-13)10-15/h3-11,15H2,1-2H3. The van der Waals surface area contributed by atoms with E-state index in [4.69, 9.17) is 10.6 Å². The summed E-state index contributed by atoms with van der Waals surface area (Å²) < 4.78 is 0. The summed E-state index contributed by atoms with van der Waals surface area (Å²) in [5.74, 6) is 0. The van der Waals surface area contributed by atoms with Crippen molar-refractivity contribution in [3.63, 3.8) is 0 Å². The molecule has 2 rings (SSSR count). The minimum absolute atomic E-state index is 0.0340. The lowest BCUT2D eigenvalue weighted by molar-refractivity contribution is -0.761. The van der Waals surface area contributed by atoms with Crippen LogP contribution in [0.5, 0.6) is 0 Å². The highest BCUT2D eigenvalue weighted by atomic mass is 16.9. The molecule has 2 N–H and O–H groups in total. The van der Waals surface area contributed by atoms with E-state index < -0.39 is 5.09 Å². The van der Waals surface area contributed by atoms with Gasteiger partial charge in [0.2, 0.25) is 0 Å². The molecule has 3 unspecified atom stereocenters. The zero-order valence-electron chi connectivity index (χ0n) is 12.1. The molecular weight excluding hydrogens is 244 g/mol. The highest BCUT2D eigenvalue weighted by molar-refractivity contribution is 5.04. The molecule has 2 aliphatic carbocycles. The van der Waals surface area contributed by atoms with Gasteiger partial charge in [0.05, 0.1) is 0 Å². The summed E-state index contributed by atoms with van der Waals surface area (Å²) in [6.45, 7) is 5.39. The molecule has 2 saturated carbocycles. The summed E-state index contributed by atoms with van der Waals surface area (Å²) in [6, 6.07) is 0. The lowest BCUT2D eigenvalue weighted by Crippen LogP contribution is -2.52. The summed E-state index contributed by atoms with van der Waals surface area (Å²) in [5, 5.41) is 9.89. The molecule has 0 aromatic heterocycles. The fourth-order valence-corrected chi connectivity index (χ4v) is 4.92. The second-order valence-electron chi connectivity index (χ2n) is 7.25. The highest BCUT2D eigenvalue weighted by Crippen LogP contribution is 2.62. The molecule has 0 aromatic carbocycles. The van der Waals surface area contributed by atoms with Crippen molar-refractivity contribution in [3.8, 4) is 0 Å². The Bertz CT molecular complexity index is 359. The first-order chi connectivity index (χ1) is 8.87. The quantitative estimate of drug-likeness (QED) is 0.615. The number of hydrogen-bond acceptors (Lipinski definition) is 4. The Labute approximate surface area is 115 Å². The minimum Gasteiger partial charge on any atom is -0.330 e. The lowest BCUT2D eigenvalue weighted by atomic mass is 9.48. The van der Waals surface area contributed by atoms with Crippen LogP contribution in [0.15, 0.2) is 0 Å². The molecule has 0 saturated heterocycles. The summed E-state index contributed by atoms with van der Waals surface area (Å²) in [5.41, 5.74) is 6.39. The van der Waals surface area contributed by atoms with Gasteiger partial charge in [-0.2, -0.15) is 0 Å². The van der Waals surface area contributed by atoms with Gasteiger partial charge < -0.3 is 10.6 Å². The Kier molecular flexibility index (Phi) is 3.78. The summed E-state index contributed by atoms with van der Waals surface area (Å²) in [4.78, 5) is 15.3. The normalized spacial score (nSPS) is 41.8. The van der Waals surface area contributed by atoms with Crippen LogP contribution in [0.4, 0.5) is 0 Å². The number of rotatable bonds is 5. The molecular formula is C14H26N2O3. The van der Waals surface area contributed by atoms with Gasteiger partial charge in [0, 0.05) is 0 Å². The van der Waals surface area contributed by atoms with Crippen molar-refractivity contribution in [1.82, 2.24) is 0 Å². The summed E-state index contributed by atoms with van der Waals surface area (Å²) in [7, 11) is 0. The minimum atomic E-state index is -0.647. The van der Waals surface area contributed by atoms with Crippen LogP contribution in [0.1, 0.15) is 58.8 Å². The third-order valence-electron chi connectivity index (χ3n) is 5.49. The van der Waals surface area contributed by atoms with Crippen molar-refractivity contribution in [2.24, 2.45) is 22.0 Å². The predicted molar refractivity (Wildman–Crippen MR) is 73.0 cm³/mol. The molecule has 5 nitrogen and oxygen atoms in total. The smallest absolute Gasteiger partial charge is 0.294 e. The van der Waals surface area contributed by atoms with Crippen molar-refractivity contribution in [2.75, 3.05) is 13.2 Å². The zero-order valence-corrected chi connectivity index (χ0v) is 12.1. The topological polar surface area (TPSA) is 78.4 Å². The zero-order chi connectivity index (χ0) is 14.1. The summed E-state index contributed by atoms with van der Waals surface area (Å²) in [6.07, 6.45) is 7.77. The fraction of sp³-hybridized carbons (Fsp3) is 1.00. The van der Waals surface area contributed by atoms with E-state index in [0.29, 0.717) is 12.0 Å². The van der Waals surface area contributed by atoms with Crippen LogP contribution in [0.25, 0.3) is 0 Å². The van der Waals surface area contributed by atoms with Crippen molar-refractivity contribution >= 4 is 0 Å². The van der Waals surface area contributed by atoms with E-state index >= 15 is 0 Å². The van der Waals surface area contributed by atoms with Crippen molar-refractivity contribution in [1.29, 1.82) is 0 Å². The van der Waals surface area contributed by atoms with E-state index in [9.17, 15) is 10.1 Å². The average molecular weight is 270 g/mol. The number of fused-ring (bicyclic) bond motifs is 2. The molecule has 0 heterocycles. The van der Waals surface area contributed by atoms with Crippen LogP contribution >= 0.6 is 0 Å². The Morgan fingerprint density at radius 1 is 1.26 bits per heavy atom. The molecule has 0 radical (unpaired) electrons. The third kappa shape index (κ3) is 2.86. The van der Waals surface area contributed by atoms with E-state index in [1.54, 1.807) is 0 Å². The molecule has 2 bridgehead atoms. The maximum absolute atomic E-state index is 10.5. The van der Waals surface area contributed by atoms with Gasteiger partial charge in [0.1, 0.15) is 6.61 Å². The monoisotopic (exact) mass is 270 g/mol. The van der Waals surface area contributed by atoms with Crippen molar-refractivity contribution in [3.05, 3.63) is 10.1 Å². The van der Waals surface area contributed by atoms with Gasteiger partial charge in [-0.3, -0.25) is 0 Å². The number of nitrogens with zero attached hydrogens (tertiary/aromatic N) is 1. The van der Waals surface area contributed by atoms with E-state index in [0.717, 1.165) is 38.5 Å². The van der Waals surface area contributed by atoms with Gasteiger partial charge in [-0.05, 0) is 54.9 Å². The molecule has 110 valence electrons. The van der Waals surface area contributed by atoms with Crippen LogP contribution in [0.3, 0.4) is 0 Å². The van der Waals surface area contributed by atoms with Gasteiger partial charge >= 0.3 is 0 Å². The van der Waals surface area contributed by atoms with E-state index in [1.165, 1.54) is 6.42 Å². The second kappa shape index (κ2) is 4.93. The van der Waals surface area contributed by atoms with Crippen LogP contribution in [0, 0.1) is 26.4 Å². The molecule has 2 aliphatic rings. The molecule has 19 heavy (non-hydrogen) atoms. The van der Waals surface area contributed by atoms with Gasteiger partial charge in [0.25, 0.3) is 5.09 Å². The Morgan fingerprint density at radius 3 is 2.47 bits per heavy atom. The molecule has 3 atom stereocenters. The SMILES string of the molecule is CCC12CCCC(CO[N+](=O)[O-])(CC(C)(CN)C1)C2. The lowest BCUT2D eigenvalue weighted by Gasteiger charge is -2.58. The van der Waals surface area contributed by atoms with Crippen LogP contribution in [0.2, 0.25) is 0 Å². The van der Waals surface area contributed by atoms with Gasteiger partial charge in [0.15, 0.2) is 0 Å². The molecule has 0 aliphatic heterocycles. The largest absolute Gasteiger partial charge is 0.330 e. The number of nitrogens with two attached hydrogens (primary N) is 1. The second-order valence-corrected chi connectivity index (χ2v) is 7.25. The van der Waals surface area contributed by atoms with E-state index in [2.05, 4.69) is 13.8 Å². The van der Waals surface area contributed by atoms with Crippen LogP contribution < -0.4 is 5.73 Å². The van der Waals surface area contributed by atoms with Crippen molar-refractivity contribution in [2.45, 2.75) is 58.8 Å². The summed E-state index contributed by atoms with van der Waals surface area (Å²) >= 11 is 0. The molecule has 0 spiro atoms. The van der Waals surface area contributed by atoms with Gasteiger partial charge in [-0.25, -0.2) is 0 Å². The van der Waals surface area contributed by atoms with E-state index in [1.807, 2.05) is 0 Å². The molecule has 2 fully saturated rings. The molecule has 5 heteroatoms. The predicted octanol–water partition coefficient (Wildman–Crippen LogP) is 2.91. The number of hydrogen-bond donors (Lipinski definition) is 1. The maximum Gasteiger partial charge on any atom is 0.294 e. The highest BCUT2D eigenvalue weighted by Gasteiger charge is 2.53.